The molecule has 0 fully saturated rings. The number of allylic oxidation sites excluding steroid dienone is 2. The Hall–Kier alpha value is -2.99. The molecule has 1 aromatic heterocycles. The molecule has 1 heterocycles. The Morgan fingerprint density at radius 3 is 2.53 bits per heavy atom. The second kappa shape index (κ2) is 9.65. The quantitative estimate of drug-likeness (QED) is 0.343. The predicted molar refractivity (Wildman–Crippen MR) is 128 cm³/mol. The summed E-state index contributed by atoms with van der Waals surface area (Å²) in [5, 5.41) is 9.63. The van der Waals surface area contributed by atoms with Crippen LogP contribution >= 0.6 is 11.8 Å². The Morgan fingerprint density at radius 2 is 1.81 bits per heavy atom. The number of benzene rings is 2. The molecule has 1 aliphatic carbocycles. The van der Waals surface area contributed by atoms with Gasteiger partial charge in [-0.15, -0.1) is 10.2 Å². The molecule has 0 saturated heterocycles. The SMILES string of the molecule is CCn1c(CC2=C(C)Cc3ccccc32)nnc1SCC(=O)Cc1ccc(C(C)=O)cc1. The molecule has 0 radical (unpaired) electrons. The zero-order valence-corrected chi connectivity index (χ0v) is 19.5. The van der Waals surface area contributed by atoms with E-state index in [9.17, 15) is 9.59 Å². The summed E-state index contributed by atoms with van der Waals surface area (Å²) in [7, 11) is 0. The second-order valence-corrected chi connectivity index (χ2v) is 9.11. The van der Waals surface area contributed by atoms with Crippen LogP contribution in [0.25, 0.3) is 5.57 Å². The molecule has 0 bridgehead atoms. The van der Waals surface area contributed by atoms with Gasteiger partial charge in [-0.2, -0.15) is 0 Å². The van der Waals surface area contributed by atoms with Gasteiger partial charge in [0.05, 0.1) is 5.75 Å². The van der Waals surface area contributed by atoms with Crippen molar-refractivity contribution in [2.45, 2.75) is 51.7 Å². The minimum atomic E-state index is 0.0280. The van der Waals surface area contributed by atoms with Gasteiger partial charge >= 0.3 is 0 Å². The highest BCUT2D eigenvalue weighted by molar-refractivity contribution is 7.99. The van der Waals surface area contributed by atoms with Crippen molar-refractivity contribution in [3.8, 4) is 0 Å². The molecule has 6 heteroatoms. The minimum absolute atomic E-state index is 0.0280. The van der Waals surface area contributed by atoms with Crippen LogP contribution in [0, 0.1) is 0 Å². The molecule has 0 amide bonds. The number of carbonyl (C=O) groups excluding carboxylic acids is 2. The van der Waals surface area contributed by atoms with Crippen LogP contribution in [-0.2, 0) is 30.6 Å². The number of aromatic nitrogens is 3. The van der Waals surface area contributed by atoms with Crippen LogP contribution in [0.5, 0.6) is 0 Å². The van der Waals surface area contributed by atoms with E-state index < -0.39 is 0 Å². The summed E-state index contributed by atoms with van der Waals surface area (Å²) in [6.07, 6.45) is 2.09. The first-order chi connectivity index (χ1) is 15.5. The number of hydrogen-bond donors (Lipinski definition) is 0. The first-order valence-corrected chi connectivity index (χ1v) is 11.9. The monoisotopic (exact) mass is 445 g/mol. The summed E-state index contributed by atoms with van der Waals surface area (Å²) in [5.74, 6) is 1.44. The van der Waals surface area contributed by atoms with Crippen molar-refractivity contribution in [3.05, 3.63) is 82.2 Å². The van der Waals surface area contributed by atoms with Crippen molar-refractivity contribution in [2.75, 3.05) is 5.75 Å². The molecule has 164 valence electrons. The minimum Gasteiger partial charge on any atom is -0.306 e. The number of hydrogen-bond acceptors (Lipinski definition) is 5. The van der Waals surface area contributed by atoms with Gasteiger partial charge in [-0.25, -0.2) is 0 Å². The molecule has 1 aliphatic rings. The van der Waals surface area contributed by atoms with Gasteiger partial charge in [0.25, 0.3) is 0 Å². The van der Waals surface area contributed by atoms with E-state index in [1.807, 2.05) is 12.1 Å². The van der Waals surface area contributed by atoms with E-state index in [0.717, 1.165) is 35.9 Å². The van der Waals surface area contributed by atoms with Gasteiger partial charge in [0.2, 0.25) is 0 Å². The molecule has 0 saturated carbocycles. The number of ketones is 2. The summed E-state index contributed by atoms with van der Waals surface area (Å²) in [6.45, 7) is 6.58. The average Bonchev–Trinajstić information content (AvgIpc) is 3.32. The molecule has 2 aromatic carbocycles. The molecule has 0 N–H and O–H groups in total. The summed E-state index contributed by atoms with van der Waals surface area (Å²) < 4.78 is 2.11. The lowest BCUT2D eigenvalue weighted by Gasteiger charge is -2.10. The van der Waals surface area contributed by atoms with E-state index in [4.69, 9.17) is 0 Å². The fourth-order valence-electron chi connectivity index (χ4n) is 4.15. The van der Waals surface area contributed by atoms with Crippen LogP contribution < -0.4 is 0 Å². The van der Waals surface area contributed by atoms with E-state index in [1.54, 1.807) is 12.1 Å². The normalized spacial score (nSPS) is 12.8. The van der Waals surface area contributed by atoms with Crippen LogP contribution in [-0.4, -0.2) is 32.1 Å². The Bertz CT molecular complexity index is 1190. The molecule has 0 atom stereocenters. The molecule has 0 spiro atoms. The van der Waals surface area contributed by atoms with Gasteiger partial charge in [0, 0.05) is 24.9 Å². The number of thioether (sulfide) groups is 1. The summed E-state index contributed by atoms with van der Waals surface area (Å²) in [6, 6.07) is 15.8. The Balaban J connectivity index is 1.41. The highest BCUT2D eigenvalue weighted by Crippen LogP contribution is 2.34. The number of rotatable bonds is 9. The summed E-state index contributed by atoms with van der Waals surface area (Å²) in [5.41, 5.74) is 6.99. The third-order valence-corrected chi connectivity index (χ3v) is 6.91. The molecule has 0 unspecified atom stereocenters. The van der Waals surface area contributed by atoms with Gasteiger partial charge in [-0.1, -0.05) is 65.9 Å². The summed E-state index contributed by atoms with van der Waals surface area (Å²) >= 11 is 1.44. The Kier molecular flexibility index (Phi) is 6.70. The maximum absolute atomic E-state index is 12.5. The topological polar surface area (TPSA) is 64.8 Å². The van der Waals surface area contributed by atoms with Gasteiger partial charge in [0.1, 0.15) is 11.6 Å². The van der Waals surface area contributed by atoms with Crippen LogP contribution in [0.2, 0.25) is 0 Å². The average molecular weight is 446 g/mol. The number of carbonyl (C=O) groups is 2. The van der Waals surface area contributed by atoms with Crippen molar-refractivity contribution in [2.24, 2.45) is 0 Å². The van der Waals surface area contributed by atoms with E-state index in [0.29, 0.717) is 17.7 Å². The van der Waals surface area contributed by atoms with Crippen molar-refractivity contribution < 1.29 is 9.59 Å². The lowest BCUT2D eigenvalue weighted by molar-refractivity contribution is -0.116. The van der Waals surface area contributed by atoms with Crippen LogP contribution in [0.4, 0.5) is 0 Å². The van der Waals surface area contributed by atoms with Gasteiger partial charge in [0.15, 0.2) is 10.9 Å². The number of Topliss-reactive ketones (excluding diaryl/α,β-unsaturated/α-hetero) is 2. The van der Waals surface area contributed by atoms with Gasteiger partial charge in [-0.3, -0.25) is 9.59 Å². The molecule has 3 aromatic rings. The Labute approximate surface area is 193 Å². The van der Waals surface area contributed by atoms with Crippen molar-refractivity contribution >= 4 is 28.9 Å². The van der Waals surface area contributed by atoms with E-state index in [2.05, 4.69) is 52.9 Å². The van der Waals surface area contributed by atoms with Crippen LogP contribution in [0.15, 0.2) is 59.3 Å². The maximum Gasteiger partial charge on any atom is 0.191 e. The fourth-order valence-corrected chi connectivity index (χ4v) is 5.03. The van der Waals surface area contributed by atoms with Crippen molar-refractivity contribution in [1.29, 1.82) is 0 Å². The highest BCUT2D eigenvalue weighted by Gasteiger charge is 2.21. The number of fused-ring (bicyclic) bond motifs is 1. The van der Waals surface area contributed by atoms with E-state index in [-0.39, 0.29) is 11.6 Å². The fraction of sp³-hybridized carbons (Fsp3) is 0.308. The van der Waals surface area contributed by atoms with Crippen molar-refractivity contribution in [1.82, 2.24) is 14.8 Å². The molecular formula is C26H27N3O2S. The largest absolute Gasteiger partial charge is 0.306 e. The highest BCUT2D eigenvalue weighted by atomic mass is 32.2. The first-order valence-electron chi connectivity index (χ1n) is 10.9. The molecule has 32 heavy (non-hydrogen) atoms. The molecule has 0 aliphatic heterocycles. The second-order valence-electron chi connectivity index (χ2n) is 8.17. The lowest BCUT2D eigenvalue weighted by Crippen LogP contribution is -2.08. The predicted octanol–water partition coefficient (Wildman–Crippen LogP) is 4.98. The molecule has 4 rings (SSSR count). The van der Waals surface area contributed by atoms with Crippen molar-refractivity contribution in [3.63, 3.8) is 0 Å². The zero-order valence-electron chi connectivity index (χ0n) is 18.7. The summed E-state index contributed by atoms with van der Waals surface area (Å²) in [4.78, 5) is 23.9. The standard InChI is InChI=1S/C26H27N3O2S/c1-4-29-25(15-24-17(2)13-21-7-5-6-8-23(21)24)27-28-26(29)32-16-22(31)14-19-9-11-20(12-10-19)18(3)30/h5-12H,4,13-16H2,1-3H3. The van der Waals surface area contributed by atoms with E-state index in [1.165, 1.54) is 41.0 Å². The van der Waals surface area contributed by atoms with Crippen LogP contribution in [0.3, 0.4) is 0 Å². The first kappa shape index (κ1) is 22.2. The Morgan fingerprint density at radius 1 is 1.06 bits per heavy atom. The molecule has 5 nitrogen and oxygen atoms in total. The van der Waals surface area contributed by atoms with Crippen LogP contribution in [0.1, 0.15) is 53.6 Å². The third-order valence-electron chi connectivity index (χ3n) is 5.88. The van der Waals surface area contributed by atoms with Gasteiger partial charge < -0.3 is 4.57 Å². The number of nitrogens with zero attached hydrogens (tertiary/aromatic N) is 3. The third kappa shape index (κ3) is 4.75. The lowest BCUT2D eigenvalue weighted by atomic mass is 10.0. The smallest absolute Gasteiger partial charge is 0.191 e. The maximum atomic E-state index is 12.5. The zero-order chi connectivity index (χ0) is 22.7. The van der Waals surface area contributed by atoms with E-state index >= 15 is 0 Å². The van der Waals surface area contributed by atoms with Gasteiger partial charge in [-0.05, 0) is 49.5 Å². The molecular weight excluding hydrogens is 418 g/mol.